The molecule has 0 aliphatic carbocycles. The average molecular weight is 355 g/mol. The van der Waals surface area contributed by atoms with Crippen LogP contribution >= 0.6 is 27.5 Å². The third-order valence-electron chi connectivity index (χ3n) is 3.32. The molecule has 2 rings (SSSR count). The molecule has 0 bridgehead atoms. The van der Waals surface area contributed by atoms with Crippen LogP contribution in [0.1, 0.15) is 18.1 Å². The summed E-state index contributed by atoms with van der Waals surface area (Å²) in [6, 6.07) is 13.7. The number of ether oxygens (including phenoxy) is 1. The zero-order valence-electron chi connectivity index (χ0n) is 11.5. The van der Waals surface area contributed by atoms with E-state index in [-0.39, 0.29) is 0 Å². The van der Waals surface area contributed by atoms with Crippen LogP contribution in [-0.2, 0) is 12.0 Å². The maximum Gasteiger partial charge on any atom is 0.118 e. The van der Waals surface area contributed by atoms with Gasteiger partial charge >= 0.3 is 0 Å². The van der Waals surface area contributed by atoms with Crippen LogP contribution in [0.15, 0.2) is 46.9 Å². The number of benzene rings is 2. The van der Waals surface area contributed by atoms with E-state index in [1.54, 1.807) is 7.11 Å². The van der Waals surface area contributed by atoms with Gasteiger partial charge in [0.05, 0.1) is 7.11 Å². The van der Waals surface area contributed by atoms with E-state index in [0.29, 0.717) is 6.42 Å². The Morgan fingerprint density at radius 2 is 1.85 bits per heavy atom. The summed E-state index contributed by atoms with van der Waals surface area (Å²) in [6.07, 6.45) is 0.672. The fourth-order valence-corrected chi connectivity index (χ4v) is 2.87. The molecule has 4 heteroatoms. The van der Waals surface area contributed by atoms with Crippen molar-refractivity contribution < 1.29 is 4.74 Å². The number of rotatable bonds is 4. The van der Waals surface area contributed by atoms with Crippen molar-refractivity contribution in [1.82, 2.24) is 0 Å². The number of hydrogen-bond acceptors (Lipinski definition) is 2. The zero-order chi connectivity index (χ0) is 14.8. The fourth-order valence-electron chi connectivity index (χ4n) is 2.13. The molecule has 0 amide bonds. The first-order valence-electron chi connectivity index (χ1n) is 6.30. The van der Waals surface area contributed by atoms with Crippen molar-refractivity contribution in [1.29, 1.82) is 0 Å². The van der Waals surface area contributed by atoms with Gasteiger partial charge in [0, 0.05) is 15.0 Å². The van der Waals surface area contributed by atoms with Crippen LogP contribution in [0.3, 0.4) is 0 Å². The lowest BCUT2D eigenvalue weighted by Gasteiger charge is -2.26. The lowest BCUT2D eigenvalue weighted by atomic mass is 9.86. The van der Waals surface area contributed by atoms with E-state index < -0.39 is 5.54 Å². The SMILES string of the molecule is COc1ccc(C(C)(N)Cc2ccc(Br)cc2Cl)cc1. The zero-order valence-corrected chi connectivity index (χ0v) is 13.8. The third-order valence-corrected chi connectivity index (χ3v) is 4.17. The van der Waals surface area contributed by atoms with E-state index >= 15 is 0 Å². The molecule has 2 aromatic carbocycles. The highest BCUT2D eigenvalue weighted by Gasteiger charge is 2.23. The Bertz CT molecular complexity index is 596. The highest BCUT2D eigenvalue weighted by Crippen LogP contribution is 2.29. The van der Waals surface area contributed by atoms with Crippen LogP contribution in [-0.4, -0.2) is 7.11 Å². The summed E-state index contributed by atoms with van der Waals surface area (Å²) in [7, 11) is 1.65. The molecule has 20 heavy (non-hydrogen) atoms. The fraction of sp³-hybridized carbons (Fsp3) is 0.250. The van der Waals surface area contributed by atoms with E-state index in [1.807, 2.05) is 49.4 Å². The van der Waals surface area contributed by atoms with E-state index in [1.165, 1.54) is 0 Å². The van der Waals surface area contributed by atoms with E-state index in [0.717, 1.165) is 26.4 Å². The number of nitrogens with two attached hydrogens (primary N) is 1. The molecule has 2 N–H and O–H groups in total. The number of methoxy groups -OCH3 is 1. The topological polar surface area (TPSA) is 35.2 Å². The Balaban J connectivity index is 2.25. The molecule has 2 aromatic rings. The van der Waals surface area contributed by atoms with Crippen molar-refractivity contribution in [3.8, 4) is 5.75 Å². The van der Waals surface area contributed by atoms with E-state index in [2.05, 4.69) is 15.9 Å². The van der Waals surface area contributed by atoms with Gasteiger partial charge in [0.25, 0.3) is 0 Å². The summed E-state index contributed by atoms with van der Waals surface area (Å²) in [6.45, 7) is 2.01. The van der Waals surface area contributed by atoms with Crippen molar-refractivity contribution in [2.24, 2.45) is 5.73 Å². The Morgan fingerprint density at radius 1 is 1.20 bits per heavy atom. The van der Waals surface area contributed by atoms with Crippen molar-refractivity contribution in [3.05, 3.63) is 63.1 Å². The predicted molar refractivity (Wildman–Crippen MR) is 87.4 cm³/mol. The first-order chi connectivity index (χ1) is 9.42. The van der Waals surface area contributed by atoms with Gasteiger partial charge in [-0.2, -0.15) is 0 Å². The quantitative estimate of drug-likeness (QED) is 0.875. The number of hydrogen-bond donors (Lipinski definition) is 1. The summed E-state index contributed by atoms with van der Waals surface area (Å²) in [4.78, 5) is 0. The minimum absolute atomic E-state index is 0.482. The molecule has 0 heterocycles. The molecule has 106 valence electrons. The van der Waals surface area contributed by atoms with Crippen LogP contribution in [0, 0.1) is 0 Å². The van der Waals surface area contributed by atoms with Gasteiger partial charge in [-0.05, 0) is 48.7 Å². The lowest BCUT2D eigenvalue weighted by molar-refractivity contribution is 0.413. The molecule has 0 aliphatic rings. The van der Waals surface area contributed by atoms with Crippen molar-refractivity contribution >= 4 is 27.5 Å². The maximum atomic E-state index is 6.46. The second-order valence-corrected chi connectivity index (χ2v) is 6.38. The molecule has 0 radical (unpaired) electrons. The first-order valence-corrected chi connectivity index (χ1v) is 7.47. The standard InChI is InChI=1S/C16H17BrClNO/c1-16(19,12-4-7-14(20-2)8-5-12)10-11-3-6-13(17)9-15(11)18/h3-9H,10,19H2,1-2H3. The van der Waals surface area contributed by atoms with Crippen LogP contribution in [0.2, 0.25) is 5.02 Å². The van der Waals surface area contributed by atoms with Gasteiger partial charge in [-0.3, -0.25) is 0 Å². The second kappa shape index (κ2) is 6.17. The minimum atomic E-state index is -0.482. The van der Waals surface area contributed by atoms with Crippen LogP contribution in [0.25, 0.3) is 0 Å². The average Bonchev–Trinajstić information content (AvgIpc) is 2.42. The second-order valence-electron chi connectivity index (χ2n) is 5.06. The highest BCUT2D eigenvalue weighted by atomic mass is 79.9. The summed E-state index contributed by atoms with van der Waals surface area (Å²) in [5.74, 6) is 0.825. The van der Waals surface area contributed by atoms with Crippen LogP contribution in [0.5, 0.6) is 5.75 Å². The molecule has 0 aromatic heterocycles. The smallest absolute Gasteiger partial charge is 0.118 e. The first kappa shape index (κ1) is 15.4. The summed E-state index contributed by atoms with van der Waals surface area (Å²) in [5.41, 5.74) is 8.07. The normalized spacial score (nSPS) is 13.8. The number of halogens is 2. The summed E-state index contributed by atoms with van der Waals surface area (Å²) < 4.78 is 6.13. The van der Waals surface area contributed by atoms with Gasteiger partial charge in [0.15, 0.2) is 0 Å². The molecule has 0 fully saturated rings. The van der Waals surface area contributed by atoms with Gasteiger partial charge in [-0.15, -0.1) is 0 Å². The lowest BCUT2D eigenvalue weighted by Crippen LogP contribution is -2.35. The molecule has 0 aliphatic heterocycles. The monoisotopic (exact) mass is 353 g/mol. The van der Waals surface area contributed by atoms with Gasteiger partial charge in [0.2, 0.25) is 0 Å². The largest absolute Gasteiger partial charge is 0.497 e. The van der Waals surface area contributed by atoms with E-state index in [9.17, 15) is 0 Å². The van der Waals surface area contributed by atoms with Crippen molar-refractivity contribution in [2.45, 2.75) is 18.9 Å². The summed E-state index contributed by atoms with van der Waals surface area (Å²) in [5, 5.41) is 0.726. The predicted octanol–water partition coefficient (Wildman–Crippen LogP) is 4.53. The highest BCUT2D eigenvalue weighted by molar-refractivity contribution is 9.10. The maximum absolute atomic E-state index is 6.46. The third kappa shape index (κ3) is 3.54. The van der Waals surface area contributed by atoms with Gasteiger partial charge in [-0.25, -0.2) is 0 Å². The van der Waals surface area contributed by atoms with Crippen LogP contribution < -0.4 is 10.5 Å². The Hall–Kier alpha value is -1.03. The molecule has 0 saturated heterocycles. The van der Waals surface area contributed by atoms with Crippen LogP contribution in [0.4, 0.5) is 0 Å². The van der Waals surface area contributed by atoms with Gasteiger partial charge in [-0.1, -0.05) is 45.7 Å². The molecular weight excluding hydrogens is 338 g/mol. The van der Waals surface area contributed by atoms with Gasteiger partial charge < -0.3 is 10.5 Å². The summed E-state index contributed by atoms with van der Waals surface area (Å²) >= 11 is 9.67. The van der Waals surface area contributed by atoms with Crippen molar-refractivity contribution in [2.75, 3.05) is 7.11 Å². The molecule has 1 atom stereocenters. The molecule has 0 saturated carbocycles. The molecule has 2 nitrogen and oxygen atoms in total. The molecule has 1 unspecified atom stereocenters. The minimum Gasteiger partial charge on any atom is -0.497 e. The van der Waals surface area contributed by atoms with Crippen molar-refractivity contribution in [3.63, 3.8) is 0 Å². The molecule has 0 spiro atoms. The Labute approximate surface area is 133 Å². The van der Waals surface area contributed by atoms with Gasteiger partial charge in [0.1, 0.15) is 5.75 Å². The molecular formula is C16H17BrClNO. The van der Waals surface area contributed by atoms with E-state index in [4.69, 9.17) is 22.1 Å². The Kier molecular flexibility index (Phi) is 4.74. The Morgan fingerprint density at radius 3 is 2.40 bits per heavy atom.